The molecule has 0 spiro atoms. The van der Waals surface area contributed by atoms with Crippen LogP contribution in [0.1, 0.15) is 11.1 Å². The molecule has 0 aliphatic rings. The van der Waals surface area contributed by atoms with Gasteiger partial charge in [0.15, 0.2) is 0 Å². The Hall–Kier alpha value is -3.39. The number of amides is 1. The fraction of sp³-hybridized carbons (Fsp3) is 0.0909. The number of ether oxygens (including phenoxy) is 1. The Morgan fingerprint density at radius 2 is 1.73 bits per heavy atom. The lowest BCUT2D eigenvalue weighted by atomic mass is 10.1. The zero-order chi connectivity index (χ0) is 21.6. The highest BCUT2D eigenvalue weighted by Crippen LogP contribution is 2.29. The summed E-state index contributed by atoms with van der Waals surface area (Å²) in [4.78, 5) is 16.4. The minimum atomic E-state index is -5.08. The standard InChI is InChI=1S/C22H17F3N2O2S/c1-26-19(15-8-3-2-4-9-15)20(27-21(28)22(23,24)25)29-14-16-10-5-6-11-17(16)18-12-7-13-30-18/h2-13H,1,14H2,(H,27,28)/b20-19-. The average Bonchev–Trinajstić information content (AvgIpc) is 3.27. The summed E-state index contributed by atoms with van der Waals surface area (Å²) in [6.45, 7) is 3.35. The normalized spacial score (nSPS) is 12.1. The summed E-state index contributed by atoms with van der Waals surface area (Å²) >= 11 is 1.53. The van der Waals surface area contributed by atoms with Gasteiger partial charge in [0.2, 0.25) is 5.88 Å². The first-order valence-electron chi connectivity index (χ1n) is 8.79. The van der Waals surface area contributed by atoms with Crippen molar-refractivity contribution in [2.45, 2.75) is 12.8 Å². The molecule has 0 bridgehead atoms. The number of carbonyl (C=O) groups is 1. The molecule has 0 saturated carbocycles. The molecular formula is C22H17F3N2O2S. The second-order valence-electron chi connectivity index (χ2n) is 6.08. The third-order valence-corrected chi connectivity index (χ3v) is 4.98. The Morgan fingerprint density at radius 1 is 1.03 bits per heavy atom. The first-order valence-corrected chi connectivity index (χ1v) is 9.67. The van der Waals surface area contributed by atoms with Crippen molar-refractivity contribution < 1.29 is 22.7 Å². The van der Waals surface area contributed by atoms with Gasteiger partial charge in [-0.25, -0.2) is 0 Å². The molecule has 0 fully saturated rings. The van der Waals surface area contributed by atoms with Gasteiger partial charge in [0, 0.05) is 10.4 Å². The molecule has 0 saturated heterocycles. The monoisotopic (exact) mass is 430 g/mol. The molecular weight excluding hydrogens is 413 g/mol. The Labute approximate surface area is 175 Å². The maximum absolute atomic E-state index is 12.9. The molecule has 1 N–H and O–H groups in total. The van der Waals surface area contributed by atoms with Gasteiger partial charge in [0.1, 0.15) is 12.3 Å². The molecule has 1 aromatic heterocycles. The third kappa shape index (κ3) is 5.15. The van der Waals surface area contributed by atoms with Crippen LogP contribution in [0.5, 0.6) is 0 Å². The minimum Gasteiger partial charge on any atom is -0.472 e. The van der Waals surface area contributed by atoms with Crippen LogP contribution in [0.15, 0.2) is 83.0 Å². The quantitative estimate of drug-likeness (QED) is 0.390. The maximum atomic E-state index is 12.9. The molecule has 0 unspecified atom stereocenters. The van der Waals surface area contributed by atoms with Gasteiger partial charge in [-0.2, -0.15) is 13.2 Å². The van der Waals surface area contributed by atoms with Crippen LogP contribution in [0.4, 0.5) is 13.2 Å². The topological polar surface area (TPSA) is 50.7 Å². The number of nitrogens with zero attached hydrogens (tertiary/aromatic N) is 1. The van der Waals surface area contributed by atoms with Crippen LogP contribution in [0.3, 0.4) is 0 Å². The third-order valence-electron chi connectivity index (χ3n) is 4.08. The number of hydrogen-bond acceptors (Lipinski definition) is 4. The van der Waals surface area contributed by atoms with E-state index in [-0.39, 0.29) is 12.3 Å². The molecule has 30 heavy (non-hydrogen) atoms. The van der Waals surface area contributed by atoms with Crippen LogP contribution in [0.2, 0.25) is 0 Å². The van der Waals surface area contributed by atoms with E-state index in [1.807, 2.05) is 35.7 Å². The predicted octanol–water partition coefficient (Wildman–Crippen LogP) is 5.64. The fourth-order valence-electron chi connectivity index (χ4n) is 2.70. The number of benzene rings is 2. The second-order valence-corrected chi connectivity index (χ2v) is 7.02. The highest BCUT2D eigenvalue weighted by molar-refractivity contribution is 7.13. The van der Waals surface area contributed by atoms with E-state index in [9.17, 15) is 18.0 Å². The highest BCUT2D eigenvalue weighted by Gasteiger charge is 2.39. The van der Waals surface area contributed by atoms with Crippen molar-refractivity contribution >= 4 is 29.7 Å². The van der Waals surface area contributed by atoms with E-state index in [2.05, 4.69) is 11.7 Å². The van der Waals surface area contributed by atoms with Crippen LogP contribution < -0.4 is 5.32 Å². The Morgan fingerprint density at radius 3 is 2.37 bits per heavy atom. The number of halogens is 3. The number of nitrogens with one attached hydrogen (secondary N) is 1. The lowest BCUT2D eigenvalue weighted by molar-refractivity contribution is -0.173. The summed E-state index contributed by atoms with van der Waals surface area (Å²) in [5, 5.41) is 3.72. The molecule has 1 heterocycles. The summed E-state index contributed by atoms with van der Waals surface area (Å²) in [6.07, 6.45) is -5.08. The number of aliphatic imine (C=N–C) groups is 1. The fourth-order valence-corrected chi connectivity index (χ4v) is 3.48. The number of carbonyl (C=O) groups excluding carboxylic acids is 1. The first kappa shape index (κ1) is 21.3. The van der Waals surface area contributed by atoms with Crippen molar-refractivity contribution in [1.29, 1.82) is 0 Å². The van der Waals surface area contributed by atoms with E-state index in [4.69, 9.17) is 4.74 Å². The minimum absolute atomic E-state index is 0.00167. The van der Waals surface area contributed by atoms with Crippen LogP contribution in [-0.2, 0) is 16.1 Å². The van der Waals surface area contributed by atoms with Crippen molar-refractivity contribution in [3.63, 3.8) is 0 Å². The van der Waals surface area contributed by atoms with Crippen molar-refractivity contribution in [2.75, 3.05) is 0 Å². The molecule has 3 rings (SSSR count). The van der Waals surface area contributed by atoms with Crippen molar-refractivity contribution in [1.82, 2.24) is 5.32 Å². The van der Waals surface area contributed by atoms with E-state index >= 15 is 0 Å². The van der Waals surface area contributed by atoms with Gasteiger partial charge in [0.25, 0.3) is 0 Å². The molecule has 0 atom stereocenters. The number of alkyl halides is 3. The van der Waals surface area contributed by atoms with E-state index in [0.717, 1.165) is 16.0 Å². The van der Waals surface area contributed by atoms with Gasteiger partial charge in [0.05, 0.1) is 0 Å². The van der Waals surface area contributed by atoms with Gasteiger partial charge in [-0.1, -0.05) is 60.7 Å². The molecule has 8 heteroatoms. The van der Waals surface area contributed by atoms with Gasteiger partial charge >= 0.3 is 12.1 Å². The zero-order valence-electron chi connectivity index (χ0n) is 15.6. The first-order chi connectivity index (χ1) is 14.4. The molecule has 4 nitrogen and oxygen atoms in total. The molecule has 2 aromatic carbocycles. The van der Waals surface area contributed by atoms with Crippen LogP contribution in [0, 0.1) is 0 Å². The van der Waals surface area contributed by atoms with E-state index in [1.165, 1.54) is 11.3 Å². The molecule has 1 amide bonds. The van der Waals surface area contributed by atoms with Gasteiger partial charge in [-0.15, -0.1) is 11.3 Å². The summed E-state index contributed by atoms with van der Waals surface area (Å²) in [5.41, 5.74) is 2.09. The van der Waals surface area contributed by atoms with Gasteiger partial charge < -0.3 is 4.74 Å². The van der Waals surface area contributed by atoms with Gasteiger partial charge in [-0.3, -0.25) is 15.1 Å². The Bertz CT molecular complexity index is 1050. The SMILES string of the molecule is C=N/C(=C(/NC(=O)C(F)(F)F)OCc1ccccc1-c1cccs1)c1ccccc1. The Kier molecular flexibility index (Phi) is 6.68. The van der Waals surface area contributed by atoms with Gasteiger partial charge in [-0.05, 0) is 29.3 Å². The lowest BCUT2D eigenvalue weighted by Gasteiger charge is -2.17. The summed E-state index contributed by atoms with van der Waals surface area (Å²) < 4.78 is 44.2. The Balaban J connectivity index is 1.95. The molecule has 0 aliphatic carbocycles. The summed E-state index contributed by atoms with van der Waals surface area (Å²) in [6, 6.07) is 19.6. The average molecular weight is 430 g/mol. The smallest absolute Gasteiger partial charge is 0.471 e. The van der Waals surface area contributed by atoms with Crippen LogP contribution in [-0.4, -0.2) is 18.8 Å². The molecule has 154 valence electrons. The molecule has 3 aromatic rings. The molecule has 0 radical (unpaired) electrons. The number of thiophene rings is 1. The maximum Gasteiger partial charge on any atom is 0.471 e. The molecule has 0 aliphatic heterocycles. The van der Waals surface area contributed by atoms with Crippen LogP contribution in [0.25, 0.3) is 16.1 Å². The second kappa shape index (κ2) is 9.41. The van der Waals surface area contributed by atoms with E-state index in [1.54, 1.807) is 41.7 Å². The van der Waals surface area contributed by atoms with E-state index < -0.39 is 18.0 Å². The summed E-state index contributed by atoms with van der Waals surface area (Å²) in [5.74, 6) is -2.57. The number of rotatable bonds is 7. The van der Waals surface area contributed by atoms with Crippen molar-refractivity contribution in [3.05, 3.63) is 89.1 Å². The summed E-state index contributed by atoms with van der Waals surface area (Å²) in [7, 11) is 0. The lowest BCUT2D eigenvalue weighted by Crippen LogP contribution is -2.37. The largest absolute Gasteiger partial charge is 0.472 e. The number of hydrogen-bond donors (Lipinski definition) is 1. The highest BCUT2D eigenvalue weighted by atomic mass is 32.1. The predicted molar refractivity (Wildman–Crippen MR) is 112 cm³/mol. The zero-order valence-corrected chi connectivity index (χ0v) is 16.5. The van der Waals surface area contributed by atoms with Crippen molar-refractivity contribution in [2.24, 2.45) is 4.99 Å². The van der Waals surface area contributed by atoms with Crippen molar-refractivity contribution in [3.8, 4) is 10.4 Å². The van der Waals surface area contributed by atoms with Crippen LogP contribution >= 0.6 is 11.3 Å². The van der Waals surface area contributed by atoms with E-state index in [0.29, 0.717) is 5.56 Å².